The molecule has 1 aliphatic rings. The van der Waals surface area contributed by atoms with Gasteiger partial charge in [0.2, 0.25) is 5.13 Å². The topological polar surface area (TPSA) is 75.2 Å². The van der Waals surface area contributed by atoms with Crippen LogP contribution in [0.25, 0.3) is 0 Å². The summed E-state index contributed by atoms with van der Waals surface area (Å²) in [5.41, 5.74) is 1.03. The molecule has 0 saturated carbocycles. The minimum Gasteiger partial charge on any atom is -0.358 e. The number of amides is 2. The highest BCUT2D eigenvalue weighted by atomic mass is 32.2. The van der Waals surface area contributed by atoms with E-state index < -0.39 is 0 Å². The molecule has 0 saturated heterocycles. The van der Waals surface area contributed by atoms with Gasteiger partial charge in [0.15, 0.2) is 4.34 Å². The number of benzene rings is 1. The van der Waals surface area contributed by atoms with E-state index in [-0.39, 0.29) is 11.8 Å². The van der Waals surface area contributed by atoms with Crippen molar-refractivity contribution in [1.82, 2.24) is 15.1 Å². The van der Waals surface area contributed by atoms with Crippen LogP contribution in [-0.4, -0.2) is 45.3 Å². The summed E-state index contributed by atoms with van der Waals surface area (Å²) in [6.07, 6.45) is 1.69. The number of unbranched alkanes of at least 4 members (excludes halogenated alkanes) is 1. The Labute approximate surface area is 155 Å². The second kappa shape index (κ2) is 7.97. The van der Waals surface area contributed by atoms with Crippen LogP contribution in [0.5, 0.6) is 0 Å². The Hall–Kier alpha value is -1.93. The van der Waals surface area contributed by atoms with Crippen molar-refractivity contribution in [2.24, 2.45) is 0 Å². The van der Waals surface area contributed by atoms with Crippen LogP contribution in [-0.2, 0) is 0 Å². The van der Waals surface area contributed by atoms with Crippen molar-refractivity contribution in [2.75, 3.05) is 17.6 Å². The van der Waals surface area contributed by atoms with Crippen molar-refractivity contribution >= 4 is 40.0 Å². The first-order valence-corrected chi connectivity index (χ1v) is 10.0. The summed E-state index contributed by atoms with van der Waals surface area (Å²) in [7, 11) is 0. The molecule has 0 aliphatic carbocycles. The zero-order valence-corrected chi connectivity index (χ0v) is 15.8. The molecule has 2 heterocycles. The molecule has 0 atom stereocenters. The fourth-order valence-corrected chi connectivity index (χ4v) is 4.51. The summed E-state index contributed by atoms with van der Waals surface area (Å²) in [6.45, 7) is 4.59. The normalized spacial score (nSPS) is 13.6. The molecule has 1 aliphatic heterocycles. The second-order valence-corrected chi connectivity index (χ2v) is 8.35. The zero-order valence-electron chi connectivity index (χ0n) is 14.2. The van der Waals surface area contributed by atoms with E-state index in [2.05, 4.69) is 29.4 Å². The summed E-state index contributed by atoms with van der Waals surface area (Å²) >= 11 is 3.20. The Bertz CT molecular complexity index is 741. The molecule has 0 fully saturated rings. The van der Waals surface area contributed by atoms with Crippen LogP contribution >= 0.6 is 23.1 Å². The first kappa shape index (κ1) is 17.9. The molecule has 0 bridgehead atoms. The van der Waals surface area contributed by atoms with E-state index in [1.807, 2.05) is 0 Å². The Kier molecular flexibility index (Phi) is 5.70. The number of imide groups is 1. The third-order valence-electron chi connectivity index (χ3n) is 3.70. The largest absolute Gasteiger partial charge is 0.358 e. The lowest BCUT2D eigenvalue weighted by Crippen LogP contribution is -2.30. The molecule has 3 rings (SSSR count). The van der Waals surface area contributed by atoms with Gasteiger partial charge in [-0.05, 0) is 38.8 Å². The van der Waals surface area contributed by atoms with Gasteiger partial charge < -0.3 is 5.32 Å². The molecular weight excluding hydrogens is 356 g/mol. The fourth-order valence-electron chi connectivity index (χ4n) is 2.55. The quantitative estimate of drug-likeness (QED) is 0.432. The summed E-state index contributed by atoms with van der Waals surface area (Å²) < 4.78 is 0.934. The van der Waals surface area contributed by atoms with E-state index in [1.165, 1.54) is 4.90 Å². The lowest BCUT2D eigenvalue weighted by molar-refractivity contribution is 0.0652. The molecule has 2 amide bonds. The summed E-state index contributed by atoms with van der Waals surface area (Å²) in [5, 5.41) is 12.3. The van der Waals surface area contributed by atoms with Gasteiger partial charge in [-0.25, -0.2) is 0 Å². The standard InChI is InChI=1S/C17H20N4O2S2/c1-11(2)18-16-19-20-17(25-16)24-10-6-5-9-21-14(22)12-7-3-4-8-13(12)15(21)23/h3-4,7-8,11H,5-6,9-10H2,1-2H3,(H,18,19). The van der Waals surface area contributed by atoms with E-state index in [1.54, 1.807) is 47.4 Å². The first-order chi connectivity index (χ1) is 12.1. The Morgan fingerprint density at radius 3 is 2.44 bits per heavy atom. The van der Waals surface area contributed by atoms with E-state index in [0.717, 1.165) is 28.1 Å². The van der Waals surface area contributed by atoms with Gasteiger partial charge in [0.05, 0.1) is 11.1 Å². The Morgan fingerprint density at radius 1 is 1.12 bits per heavy atom. The monoisotopic (exact) mass is 376 g/mol. The lowest BCUT2D eigenvalue weighted by Gasteiger charge is -2.13. The molecule has 0 unspecified atom stereocenters. The fraction of sp³-hybridized carbons (Fsp3) is 0.412. The van der Waals surface area contributed by atoms with Crippen LogP contribution in [0.15, 0.2) is 28.6 Å². The van der Waals surface area contributed by atoms with Crippen LogP contribution in [0.3, 0.4) is 0 Å². The van der Waals surface area contributed by atoms with Crippen molar-refractivity contribution in [1.29, 1.82) is 0 Å². The maximum atomic E-state index is 12.3. The van der Waals surface area contributed by atoms with E-state index in [9.17, 15) is 9.59 Å². The summed E-state index contributed by atoms with van der Waals surface area (Å²) in [5.74, 6) is 0.531. The highest BCUT2D eigenvalue weighted by Crippen LogP contribution is 2.27. The average molecular weight is 377 g/mol. The van der Waals surface area contributed by atoms with E-state index in [4.69, 9.17) is 0 Å². The van der Waals surface area contributed by atoms with Crippen LogP contribution < -0.4 is 5.32 Å². The maximum Gasteiger partial charge on any atom is 0.261 e. The molecule has 1 aromatic carbocycles. The van der Waals surface area contributed by atoms with Gasteiger partial charge >= 0.3 is 0 Å². The summed E-state index contributed by atoms with van der Waals surface area (Å²) in [4.78, 5) is 25.9. The number of aromatic nitrogens is 2. The molecule has 1 N–H and O–H groups in total. The van der Waals surface area contributed by atoms with Crippen LogP contribution in [0.1, 0.15) is 47.4 Å². The van der Waals surface area contributed by atoms with Gasteiger partial charge in [-0.1, -0.05) is 35.2 Å². The zero-order chi connectivity index (χ0) is 17.8. The summed E-state index contributed by atoms with van der Waals surface area (Å²) in [6, 6.07) is 7.33. The van der Waals surface area contributed by atoms with Crippen LogP contribution in [0.4, 0.5) is 5.13 Å². The van der Waals surface area contributed by atoms with Crippen molar-refractivity contribution < 1.29 is 9.59 Å². The van der Waals surface area contributed by atoms with Gasteiger partial charge in [0.25, 0.3) is 11.8 Å². The van der Waals surface area contributed by atoms with E-state index in [0.29, 0.717) is 23.7 Å². The molecule has 0 spiro atoms. The SMILES string of the molecule is CC(C)Nc1nnc(SCCCCN2C(=O)c3ccccc3C2=O)s1. The van der Waals surface area contributed by atoms with Crippen molar-refractivity contribution in [2.45, 2.75) is 37.1 Å². The third-order valence-corrected chi connectivity index (χ3v) is 5.77. The lowest BCUT2D eigenvalue weighted by atomic mass is 10.1. The molecule has 6 nitrogen and oxygen atoms in total. The number of anilines is 1. The van der Waals surface area contributed by atoms with Crippen LogP contribution in [0.2, 0.25) is 0 Å². The molecule has 25 heavy (non-hydrogen) atoms. The molecule has 0 radical (unpaired) electrons. The second-order valence-electron chi connectivity index (χ2n) is 6.04. The molecule has 2 aromatic rings. The van der Waals surface area contributed by atoms with E-state index >= 15 is 0 Å². The van der Waals surface area contributed by atoms with Gasteiger partial charge in [-0.2, -0.15) is 0 Å². The smallest absolute Gasteiger partial charge is 0.261 e. The number of rotatable bonds is 8. The maximum absolute atomic E-state index is 12.3. The number of thioether (sulfide) groups is 1. The van der Waals surface area contributed by atoms with Gasteiger partial charge in [0, 0.05) is 18.3 Å². The van der Waals surface area contributed by atoms with Crippen LogP contribution in [0, 0.1) is 0 Å². The minimum atomic E-state index is -0.179. The minimum absolute atomic E-state index is 0.179. The third kappa shape index (κ3) is 4.19. The number of nitrogens with one attached hydrogen (secondary N) is 1. The van der Waals surface area contributed by atoms with Gasteiger partial charge in [-0.3, -0.25) is 14.5 Å². The van der Waals surface area contributed by atoms with Gasteiger partial charge in [0.1, 0.15) is 0 Å². The number of fused-ring (bicyclic) bond motifs is 1. The van der Waals surface area contributed by atoms with Crippen molar-refractivity contribution in [3.63, 3.8) is 0 Å². The molecular formula is C17H20N4O2S2. The average Bonchev–Trinajstić information content (AvgIpc) is 3.12. The Balaban J connectivity index is 1.41. The number of hydrogen-bond donors (Lipinski definition) is 1. The number of hydrogen-bond acceptors (Lipinski definition) is 7. The first-order valence-electron chi connectivity index (χ1n) is 8.24. The predicted octanol–water partition coefficient (Wildman–Crippen LogP) is 3.53. The van der Waals surface area contributed by atoms with Gasteiger partial charge in [-0.15, -0.1) is 10.2 Å². The number of carbonyl (C=O) groups is 2. The highest BCUT2D eigenvalue weighted by molar-refractivity contribution is 8.01. The number of nitrogens with zero attached hydrogens (tertiary/aromatic N) is 3. The van der Waals surface area contributed by atoms with Crippen molar-refractivity contribution in [3.05, 3.63) is 35.4 Å². The molecule has 132 valence electrons. The Morgan fingerprint density at radius 2 is 1.80 bits per heavy atom. The van der Waals surface area contributed by atoms with Crippen molar-refractivity contribution in [3.8, 4) is 0 Å². The number of carbonyl (C=O) groups excluding carboxylic acids is 2. The highest BCUT2D eigenvalue weighted by Gasteiger charge is 2.34. The molecule has 1 aromatic heterocycles. The molecule has 8 heteroatoms. The predicted molar refractivity (Wildman–Crippen MR) is 100 cm³/mol.